The van der Waals surface area contributed by atoms with Crippen molar-refractivity contribution >= 4 is 9.84 Å². The molecule has 1 aliphatic heterocycles. The molecule has 16 heavy (non-hydrogen) atoms. The molecule has 0 aliphatic carbocycles. The van der Waals surface area contributed by atoms with Crippen molar-refractivity contribution in [3.05, 3.63) is 0 Å². The van der Waals surface area contributed by atoms with Gasteiger partial charge in [0.25, 0.3) is 0 Å². The molecule has 0 aromatic heterocycles. The molecule has 1 saturated heterocycles. The molecule has 0 spiro atoms. The lowest BCUT2D eigenvalue weighted by molar-refractivity contribution is 0.0886. The van der Waals surface area contributed by atoms with Gasteiger partial charge >= 0.3 is 0 Å². The third kappa shape index (κ3) is 3.45. The van der Waals surface area contributed by atoms with Gasteiger partial charge in [0.2, 0.25) is 0 Å². The van der Waals surface area contributed by atoms with Crippen molar-refractivity contribution in [1.82, 2.24) is 4.90 Å². The maximum absolute atomic E-state index is 11.9. The van der Waals surface area contributed by atoms with E-state index in [2.05, 4.69) is 39.5 Å². The van der Waals surface area contributed by atoms with Crippen molar-refractivity contribution in [2.24, 2.45) is 5.41 Å². The molecule has 4 heteroatoms. The smallest absolute Gasteiger partial charge is 0.151 e. The van der Waals surface area contributed by atoms with Crippen LogP contribution in [0.15, 0.2) is 0 Å². The van der Waals surface area contributed by atoms with Gasteiger partial charge in [-0.3, -0.25) is 4.90 Å². The molecule has 1 aliphatic rings. The molecule has 1 heterocycles. The topological polar surface area (TPSA) is 37.4 Å². The zero-order chi connectivity index (χ0) is 12.6. The summed E-state index contributed by atoms with van der Waals surface area (Å²) in [5.74, 6) is 0.664. The van der Waals surface area contributed by atoms with Crippen LogP contribution in [0.1, 0.15) is 41.0 Å². The maximum Gasteiger partial charge on any atom is 0.151 e. The molecule has 0 unspecified atom stereocenters. The minimum atomic E-state index is -2.86. The van der Waals surface area contributed by atoms with E-state index in [9.17, 15) is 8.42 Å². The molecule has 1 rings (SSSR count). The van der Waals surface area contributed by atoms with Crippen LogP contribution in [0.3, 0.4) is 0 Å². The lowest BCUT2D eigenvalue weighted by Gasteiger charge is -2.41. The Hall–Kier alpha value is -0.0900. The summed E-state index contributed by atoms with van der Waals surface area (Å²) in [4.78, 5) is 2.35. The zero-order valence-electron chi connectivity index (χ0n) is 11.2. The molecule has 0 bridgehead atoms. The Morgan fingerprint density at radius 2 is 1.81 bits per heavy atom. The van der Waals surface area contributed by atoms with Crippen LogP contribution in [0.2, 0.25) is 0 Å². The first-order valence-electron chi connectivity index (χ1n) is 6.09. The standard InChI is InChI=1S/C12H25NO2S/c1-10(2)13-7-6-8-16(14,15)9-11(13)12(3,4)5/h10-11H,6-9H2,1-5H3/t11-/m0/s1. The highest BCUT2D eigenvalue weighted by molar-refractivity contribution is 7.91. The molecule has 1 fully saturated rings. The third-order valence-corrected chi connectivity index (χ3v) is 5.08. The molecule has 0 aromatic rings. The van der Waals surface area contributed by atoms with Gasteiger partial charge in [0.1, 0.15) is 0 Å². The third-order valence-electron chi connectivity index (χ3n) is 3.35. The summed E-state index contributed by atoms with van der Waals surface area (Å²) in [5, 5.41) is 0. The highest BCUT2D eigenvalue weighted by Crippen LogP contribution is 2.29. The first-order chi connectivity index (χ1) is 7.13. The molecule has 0 aromatic carbocycles. The van der Waals surface area contributed by atoms with E-state index in [1.165, 1.54) is 0 Å². The Labute approximate surface area is 100 Å². The minimum Gasteiger partial charge on any atom is -0.296 e. The highest BCUT2D eigenvalue weighted by atomic mass is 32.2. The molecule has 0 amide bonds. The van der Waals surface area contributed by atoms with Crippen LogP contribution in [0.5, 0.6) is 0 Å². The van der Waals surface area contributed by atoms with Crippen molar-refractivity contribution in [3.8, 4) is 0 Å². The quantitative estimate of drug-likeness (QED) is 0.710. The minimum absolute atomic E-state index is 0.0156. The predicted molar refractivity (Wildman–Crippen MR) is 68.4 cm³/mol. The summed E-state index contributed by atoms with van der Waals surface area (Å²) in [6.07, 6.45) is 0.771. The van der Waals surface area contributed by atoms with E-state index >= 15 is 0 Å². The molecular formula is C12H25NO2S. The van der Waals surface area contributed by atoms with Gasteiger partial charge in [-0.05, 0) is 32.2 Å². The van der Waals surface area contributed by atoms with Crippen molar-refractivity contribution in [3.63, 3.8) is 0 Å². The number of sulfone groups is 1. The van der Waals surface area contributed by atoms with Crippen molar-refractivity contribution in [2.45, 2.75) is 53.1 Å². The van der Waals surface area contributed by atoms with Crippen LogP contribution < -0.4 is 0 Å². The molecule has 3 nitrogen and oxygen atoms in total. The van der Waals surface area contributed by atoms with E-state index in [1.54, 1.807) is 0 Å². The Kier molecular flexibility index (Phi) is 4.06. The van der Waals surface area contributed by atoms with Crippen LogP contribution in [-0.2, 0) is 9.84 Å². The van der Waals surface area contributed by atoms with Gasteiger partial charge in [-0.25, -0.2) is 8.42 Å². The largest absolute Gasteiger partial charge is 0.296 e. The van der Waals surface area contributed by atoms with E-state index in [0.717, 1.165) is 13.0 Å². The molecule has 96 valence electrons. The predicted octanol–water partition coefficient (Wildman–Crippen LogP) is 1.93. The molecule has 0 radical (unpaired) electrons. The van der Waals surface area contributed by atoms with E-state index in [0.29, 0.717) is 17.5 Å². The first kappa shape index (κ1) is 14.0. The normalized spacial score (nSPS) is 28.0. The van der Waals surface area contributed by atoms with Crippen LogP contribution in [0.4, 0.5) is 0 Å². The fraction of sp³-hybridized carbons (Fsp3) is 1.00. The average molecular weight is 247 g/mol. The Morgan fingerprint density at radius 1 is 1.25 bits per heavy atom. The van der Waals surface area contributed by atoms with Gasteiger partial charge in [0.15, 0.2) is 9.84 Å². The van der Waals surface area contributed by atoms with Gasteiger partial charge < -0.3 is 0 Å². The van der Waals surface area contributed by atoms with Gasteiger partial charge in [0.05, 0.1) is 11.5 Å². The molecule has 0 saturated carbocycles. The van der Waals surface area contributed by atoms with E-state index in [-0.39, 0.29) is 11.5 Å². The second-order valence-electron chi connectivity index (χ2n) is 6.18. The summed E-state index contributed by atoms with van der Waals surface area (Å²) in [6, 6.07) is 0.553. The lowest BCUT2D eigenvalue weighted by Crippen LogP contribution is -2.50. The fourth-order valence-corrected chi connectivity index (χ4v) is 4.32. The Balaban J connectivity index is 3.01. The number of hydrogen-bond donors (Lipinski definition) is 0. The molecule has 0 N–H and O–H groups in total. The fourth-order valence-electron chi connectivity index (χ4n) is 2.41. The summed E-state index contributed by atoms with van der Waals surface area (Å²) in [7, 11) is -2.86. The number of hydrogen-bond acceptors (Lipinski definition) is 3. The van der Waals surface area contributed by atoms with Gasteiger partial charge in [-0.1, -0.05) is 20.8 Å². The Bertz CT molecular complexity index is 327. The van der Waals surface area contributed by atoms with Crippen molar-refractivity contribution in [2.75, 3.05) is 18.1 Å². The van der Waals surface area contributed by atoms with E-state index < -0.39 is 9.84 Å². The van der Waals surface area contributed by atoms with E-state index in [1.807, 2.05) is 0 Å². The van der Waals surface area contributed by atoms with Crippen LogP contribution in [0.25, 0.3) is 0 Å². The lowest BCUT2D eigenvalue weighted by atomic mass is 9.86. The SMILES string of the molecule is CC(C)N1CCCS(=O)(=O)C[C@H]1C(C)(C)C. The van der Waals surface area contributed by atoms with Crippen LogP contribution in [0, 0.1) is 5.41 Å². The second-order valence-corrected chi connectivity index (χ2v) is 8.41. The van der Waals surface area contributed by atoms with Gasteiger partial charge in [-0.2, -0.15) is 0 Å². The van der Waals surface area contributed by atoms with Crippen molar-refractivity contribution in [1.29, 1.82) is 0 Å². The Morgan fingerprint density at radius 3 is 2.25 bits per heavy atom. The monoisotopic (exact) mass is 247 g/mol. The molecular weight excluding hydrogens is 222 g/mol. The van der Waals surface area contributed by atoms with Crippen molar-refractivity contribution < 1.29 is 8.42 Å². The van der Waals surface area contributed by atoms with Crippen LogP contribution in [-0.4, -0.2) is 43.5 Å². The van der Waals surface area contributed by atoms with Gasteiger partial charge in [-0.15, -0.1) is 0 Å². The summed E-state index contributed by atoms with van der Waals surface area (Å²) in [6.45, 7) is 11.6. The number of rotatable bonds is 1. The second kappa shape index (κ2) is 4.65. The summed E-state index contributed by atoms with van der Waals surface area (Å²) < 4.78 is 23.7. The zero-order valence-corrected chi connectivity index (χ0v) is 12.0. The highest BCUT2D eigenvalue weighted by Gasteiger charge is 2.37. The molecule has 1 atom stereocenters. The van der Waals surface area contributed by atoms with Gasteiger partial charge in [0, 0.05) is 12.1 Å². The van der Waals surface area contributed by atoms with E-state index in [4.69, 9.17) is 0 Å². The average Bonchev–Trinajstić information content (AvgIpc) is 2.22. The summed E-state index contributed by atoms with van der Waals surface area (Å²) in [5.41, 5.74) is 0.0156. The summed E-state index contributed by atoms with van der Waals surface area (Å²) >= 11 is 0. The first-order valence-corrected chi connectivity index (χ1v) is 7.92. The van der Waals surface area contributed by atoms with Crippen LogP contribution >= 0.6 is 0 Å². The number of nitrogens with zero attached hydrogens (tertiary/aromatic N) is 1. The maximum atomic E-state index is 11.9.